The smallest absolute Gasteiger partial charge is 0.251 e. The van der Waals surface area contributed by atoms with Gasteiger partial charge >= 0.3 is 0 Å². The highest BCUT2D eigenvalue weighted by Gasteiger charge is 2.59. The SMILES string of the molecule is O=C1CCc2c(Oc3ccc4c(c3)C3C(NC(=O)c5cccc(F)c5)C3O4)ccnc2N1. The van der Waals surface area contributed by atoms with E-state index >= 15 is 0 Å². The Morgan fingerprint density at radius 3 is 2.97 bits per heavy atom. The van der Waals surface area contributed by atoms with Crippen LogP contribution in [-0.4, -0.2) is 28.9 Å². The minimum atomic E-state index is -0.449. The number of hydrogen-bond acceptors (Lipinski definition) is 5. The van der Waals surface area contributed by atoms with Crippen LogP contribution in [0.1, 0.15) is 33.8 Å². The van der Waals surface area contributed by atoms with Crippen molar-refractivity contribution < 1.29 is 23.5 Å². The molecule has 2 N–H and O–H groups in total. The van der Waals surface area contributed by atoms with Crippen LogP contribution in [0.3, 0.4) is 0 Å². The number of nitrogens with zero attached hydrogens (tertiary/aromatic N) is 1. The minimum Gasteiger partial charge on any atom is -0.487 e. The van der Waals surface area contributed by atoms with Gasteiger partial charge in [-0.25, -0.2) is 9.37 Å². The van der Waals surface area contributed by atoms with Crippen LogP contribution in [0.15, 0.2) is 54.7 Å². The van der Waals surface area contributed by atoms with Gasteiger partial charge in [-0.2, -0.15) is 0 Å². The lowest BCUT2D eigenvalue weighted by Gasteiger charge is -2.19. The number of anilines is 1. The highest BCUT2D eigenvalue weighted by molar-refractivity contribution is 5.95. The fourth-order valence-corrected chi connectivity index (χ4v) is 4.42. The summed E-state index contributed by atoms with van der Waals surface area (Å²) in [4.78, 5) is 28.3. The molecule has 0 spiro atoms. The van der Waals surface area contributed by atoms with Crippen molar-refractivity contribution >= 4 is 17.6 Å². The van der Waals surface area contributed by atoms with Crippen molar-refractivity contribution in [3.05, 3.63) is 77.2 Å². The van der Waals surface area contributed by atoms with Gasteiger partial charge in [0.25, 0.3) is 5.91 Å². The molecule has 3 heterocycles. The number of rotatable bonds is 4. The maximum absolute atomic E-state index is 13.4. The van der Waals surface area contributed by atoms with Crippen molar-refractivity contribution in [3.8, 4) is 17.2 Å². The largest absolute Gasteiger partial charge is 0.487 e. The van der Waals surface area contributed by atoms with Crippen molar-refractivity contribution in [1.29, 1.82) is 0 Å². The maximum atomic E-state index is 13.4. The van der Waals surface area contributed by atoms with E-state index in [4.69, 9.17) is 9.47 Å². The molecule has 6 rings (SSSR count). The number of halogens is 1. The molecule has 3 aromatic rings. The van der Waals surface area contributed by atoms with Crippen LogP contribution in [0.25, 0.3) is 0 Å². The molecule has 2 aromatic carbocycles. The van der Waals surface area contributed by atoms with Gasteiger partial charge in [0, 0.05) is 29.3 Å². The number of benzene rings is 2. The summed E-state index contributed by atoms with van der Waals surface area (Å²) in [6.07, 6.45) is 2.42. The average Bonchev–Trinajstić information content (AvgIpc) is 3.30. The molecular weight excluding hydrogens is 413 g/mol. The maximum Gasteiger partial charge on any atom is 0.251 e. The molecule has 1 aromatic heterocycles. The highest BCUT2D eigenvalue weighted by atomic mass is 19.1. The monoisotopic (exact) mass is 431 g/mol. The molecular formula is C24H18FN3O4. The summed E-state index contributed by atoms with van der Waals surface area (Å²) in [6, 6.07) is 12.8. The topological polar surface area (TPSA) is 89.5 Å². The summed E-state index contributed by atoms with van der Waals surface area (Å²) >= 11 is 0. The Hall–Kier alpha value is -3.94. The summed E-state index contributed by atoms with van der Waals surface area (Å²) < 4.78 is 25.5. The van der Waals surface area contributed by atoms with Crippen LogP contribution in [-0.2, 0) is 11.2 Å². The molecule has 3 atom stereocenters. The summed E-state index contributed by atoms with van der Waals surface area (Å²) in [7, 11) is 0. The Morgan fingerprint density at radius 2 is 2.09 bits per heavy atom. The van der Waals surface area contributed by atoms with Gasteiger partial charge in [-0.3, -0.25) is 9.59 Å². The van der Waals surface area contributed by atoms with E-state index in [0.29, 0.717) is 30.2 Å². The van der Waals surface area contributed by atoms with E-state index in [1.165, 1.54) is 18.2 Å². The van der Waals surface area contributed by atoms with Gasteiger partial charge in [0.15, 0.2) is 0 Å². The number of aromatic nitrogens is 1. The number of pyridine rings is 1. The van der Waals surface area contributed by atoms with Crippen molar-refractivity contribution in [1.82, 2.24) is 10.3 Å². The Labute approximate surface area is 182 Å². The van der Waals surface area contributed by atoms with Gasteiger partial charge in [-0.05, 0) is 48.9 Å². The molecule has 160 valence electrons. The van der Waals surface area contributed by atoms with E-state index in [1.807, 2.05) is 18.2 Å². The molecule has 0 bridgehead atoms. The lowest BCUT2D eigenvalue weighted by atomic mass is 10.1. The van der Waals surface area contributed by atoms with Crippen molar-refractivity contribution in [3.63, 3.8) is 0 Å². The van der Waals surface area contributed by atoms with E-state index in [9.17, 15) is 14.0 Å². The van der Waals surface area contributed by atoms with E-state index in [0.717, 1.165) is 16.9 Å². The van der Waals surface area contributed by atoms with Crippen molar-refractivity contribution in [2.24, 2.45) is 0 Å². The number of carbonyl (C=O) groups excluding carboxylic acids is 2. The van der Waals surface area contributed by atoms with Crippen LogP contribution in [0, 0.1) is 5.82 Å². The molecule has 7 nitrogen and oxygen atoms in total. The first-order chi connectivity index (χ1) is 15.6. The molecule has 32 heavy (non-hydrogen) atoms. The lowest BCUT2D eigenvalue weighted by molar-refractivity contribution is -0.116. The molecule has 0 radical (unpaired) electrons. The molecule has 1 aliphatic carbocycles. The molecule has 1 fully saturated rings. The van der Waals surface area contributed by atoms with Crippen molar-refractivity contribution in [2.45, 2.75) is 30.9 Å². The molecule has 0 saturated heterocycles. The summed E-state index contributed by atoms with van der Waals surface area (Å²) in [5.74, 6) is 1.79. The molecule has 8 heteroatoms. The van der Waals surface area contributed by atoms with Gasteiger partial charge in [-0.15, -0.1) is 0 Å². The number of fused-ring (bicyclic) bond motifs is 4. The second-order valence-electron chi connectivity index (χ2n) is 8.10. The van der Waals surface area contributed by atoms with Gasteiger partial charge in [0.1, 0.15) is 35.0 Å². The first-order valence-corrected chi connectivity index (χ1v) is 10.4. The third-order valence-electron chi connectivity index (χ3n) is 6.04. The number of ether oxygens (including phenoxy) is 2. The van der Waals surface area contributed by atoms with Crippen molar-refractivity contribution in [2.75, 3.05) is 5.32 Å². The third-order valence-corrected chi connectivity index (χ3v) is 6.04. The Kier molecular flexibility index (Phi) is 4.14. The van der Waals surface area contributed by atoms with Crippen LogP contribution in [0.5, 0.6) is 17.2 Å². The number of nitrogens with one attached hydrogen (secondary N) is 2. The van der Waals surface area contributed by atoms with Crippen LogP contribution in [0.2, 0.25) is 0 Å². The molecule has 2 aliphatic heterocycles. The van der Waals surface area contributed by atoms with E-state index in [2.05, 4.69) is 15.6 Å². The standard InChI is InChI=1S/C24H18FN3O4/c25-13-3-1-2-12(10-13)24(30)28-21-20-16-11-14(4-6-17(16)32-22(20)21)31-18-8-9-26-23-15(18)5-7-19(29)27-23/h1-4,6,8-11,20-22H,5,7H2,(H,28,30)(H,26,27,29). The average molecular weight is 431 g/mol. The quantitative estimate of drug-likeness (QED) is 0.660. The predicted octanol–water partition coefficient (Wildman–Crippen LogP) is 3.55. The van der Waals surface area contributed by atoms with E-state index in [-0.39, 0.29) is 35.4 Å². The Bertz CT molecular complexity index is 1280. The molecule has 2 amide bonds. The fourth-order valence-electron chi connectivity index (χ4n) is 4.42. The first kappa shape index (κ1) is 18.8. The molecule has 1 saturated carbocycles. The Balaban J connectivity index is 1.20. The zero-order valence-electron chi connectivity index (χ0n) is 16.8. The third kappa shape index (κ3) is 3.15. The first-order valence-electron chi connectivity index (χ1n) is 10.4. The normalized spacial score (nSPS) is 22.0. The lowest BCUT2D eigenvalue weighted by Crippen LogP contribution is -2.30. The Morgan fingerprint density at radius 1 is 1.19 bits per heavy atom. The summed E-state index contributed by atoms with van der Waals surface area (Å²) in [6.45, 7) is 0. The number of hydrogen-bond donors (Lipinski definition) is 2. The highest BCUT2D eigenvalue weighted by Crippen LogP contribution is 2.54. The van der Waals surface area contributed by atoms with E-state index < -0.39 is 5.82 Å². The molecule has 3 unspecified atom stereocenters. The number of amides is 2. The van der Waals surface area contributed by atoms with Gasteiger partial charge in [-0.1, -0.05) is 6.07 Å². The molecule has 3 aliphatic rings. The van der Waals surface area contributed by atoms with Crippen LogP contribution >= 0.6 is 0 Å². The van der Waals surface area contributed by atoms with Gasteiger partial charge in [0.2, 0.25) is 5.91 Å². The number of carbonyl (C=O) groups is 2. The van der Waals surface area contributed by atoms with Gasteiger partial charge in [0.05, 0.1) is 12.0 Å². The second-order valence-corrected chi connectivity index (χ2v) is 8.10. The summed E-state index contributed by atoms with van der Waals surface area (Å²) in [5.41, 5.74) is 2.11. The van der Waals surface area contributed by atoms with E-state index in [1.54, 1.807) is 18.3 Å². The fraction of sp³-hybridized carbons (Fsp3) is 0.208. The van der Waals surface area contributed by atoms with Crippen LogP contribution in [0.4, 0.5) is 10.2 Å². The zero-order chi connectivity index (χ0) is 21.8. The van der Waals surface area contributed by atoms with Crippen LogP contribution < -0.4 is 20.1 Å². The predicted molar refractivity (Wildman–Crippen MR) is 113 cm³/mol. The zero-order valence-corrected chi connectivity index (χ0v) is 16.8. The summed E-state index contributed by atoms with van der Waals surface area (Å²) in [5, 5.41) is 5.70. The van der Waals surface area contributed by atoms with Gasteiger partial charge < -0.3 is 20.1 Å². The minimum absolute atomic E-state index is 0.0247. The second kappa shape index (κ2) is 7.05.